The zero-order chi connectivity index (χ0) is 25.9. The molecule has 0 radical (unpaired) electrons. The lowest BCUT2D eigenvalue weighted by Crippen LogP contribution is -2.44. The van der Waals surface area contributed by atoms with Gasteiger partial charge < -0.3 is 9.84 Å². The van der Waals surface area contributed by atoms with E-state index in [1.807, 2.05) is 29.6 Å². The first-order chi connectivity index (χ1) is 17.1. The third-order valence-corrected chi connectivity index (χ3v) is 7.92. The molecule has 3 aromatic carbocycles. The van der Waals surface area contributed by atoms with Crippen LogP contribution in [0, 0.1) is 5.92 Å². The minimum absolute atomic E-state index is 0.0317. The molecule has 1 amide bonds. The van der Waals surface area contributed by atoms with E-state index in [0.717, 1.165) is 21.2 Å². The van der Waals surface area contributed by atoms with E-state index in [0.29, 0.717) is 11.4 Å². The fourth-order valence-electron chi connectivity index (χ4n) is 3.57. The van der Waals surface area contributed by atoms with Gasteiger partial charge in [0, 0.05) is 15.5 Å². The summed E-state index contributed by atoms with van der Waals surface area (Å²) in [4.78, 5) is 23.7. The predicted molar refractivity (Wildman–Crippen MR) is 140 cm³/mol. The van der Waals surface area contributed by atoms with Gasteiger partial charge in [-0.2, -0.15) is 4.72 Å². The SMILES string of the molecule is CC(C)C(NS(=O)(=O)c1ccc(-c2ccc(OC(=O)Nc3csc4ccccc34)cc2)cc1)C(=O)O. The summed E-state index contributed by atoms with van der Waals surface area (Å²) in [6.45, 7) is 3.26. The van der Waals surface area contributed by atoms with E-state index in [2.05, 4.69) is 10.0 Å². The second kappa shape index (κ2) is 10.5. The number of anilines is 1. The molecule has 0 aliphatic carbocycles. The number of ether oxygens (including phenoxy) is 1. The van der Waals surface area contributed by atoms with Crippen molar-refractivity contribution in [1.29, 1.82) is 0 Å². The second-order valence-corrected chi connectivity index (χ2v) is 11.0. The molecule has 0 aliphatic heterocycles. The van der Waals surface area contributed by atoms with Gasteiger partial charge in [0.15, 0.2) is 0 Å². The summed E-state index contributed by atoms with van der Waals surface area (Å²) in [5, 5.41) is 14.8. The molecule has 1 aromatic heterocycles. The zero-order valence-electron chi connectivity index (χ0n) is 19.5. The fraction of sp³-hybridized carbons (Fsp3) is 0.154. The van der Waals surface area contributed by atoms with Crippen molar-refractivity contribution < 1.29 is 27.9 Å². The summed E-state index contributed by atoms with van der Waals surface area (Å²) in [7, 11) is -4.00. The highest BCUT2D eigenvalue weighted by atomic mass is 32.2. The largest absolute Gasteiger partial charge is 0.480 e. The number of carboxylic acid groups (broad SMARTS) is 1. The predicted octanol–water partition coefficient (Wildman–Crippen LogP) is 5.57. The molecule has 3 N–H and O–H groups in total. The first-order valence-electron chi connectivity index (χ1n) is 11.0. The standard InChI is InChI=1S/C26H24N2O6S2/c1-16(2)24(25(29)30)28-36(32,33)20-13-9-18(10-14-20)17-7-11-19(12-8-17)34-26(31)27-22-15-35-23-6-4-3-5-21(22)23/h3-16,24,28H,1-2H3,(H,27,31)(H,29,30). The van der Waals surface area contributed by atoms with Gasteiger partial charge in [0.2, 0.25) is 10.0 Å². The lowest BCUT2D eigenvalue weighted by Gasteiger charge is -2.18. The third-order valence-electron chi connectivity index (χ3n) is 5.50. The minimum atomic E-state index is -4.00. The summed E-state index contributed by atoms with van der Waals surface area (Å²) in [5.41, 5.74) is 2.22. The van der Waals surface area contributed by atoms with E-state index in [9.17, 15) is 23.1 Å². The van der Waals surface area contributed by atoms with Gasteiger partial charge in [-0.3, -0.25) is 10.1 Å². The van der Waals surface area contributed by atoms with E-state index in [-0.39, 0.29) is 4.90 Å². The van der Waals surface area contributed by atoms with Gasteiger partial charge in [-0.25, -0.2) is 13.2 Å². The minimum Gasteiger partial charge on any atom is -0.480 e. The third kappa shape index (κ3) is 5.73. The molecule has 36 heavy (non-hydrogen) atoms. The average Bonchev–Trinajstić information content (AvgIpc) is 3.25. The monoisotopic (exact) mass is 524 g/mol. The Bertz CT molecular complexity index is 1490. The van der Waals surface area contributed by atoms with Crippen molar-refractivity contribution in [3.63, 3.8) is 0 Å². The first kappa shape index (κ1) is 25.4. The molecule has 0 saturated heterocycles. The molecule has 0 spiro atoms. The Balaban J connectivity index is 1.41. The number of sulfonamides is 1. The molecular formula is C26H24N2O6S2. The van der Waals surface area contributed by atoms with Crippen LogP contribution >= 0.6 is 11.3 Å². The van der Waals surface area contributed by atoms with Crippen LogP contribution in [0.1, 0.15) is 13.8 Å². The number of amides is 1. The molecular weight excluding hydrogens is 500 g/mol. The van der Waals surface area contributed by atoms with E-state index in [1.54, 1.807) is 50.2 Å². The normalized spacial score (nSPS) is 12.4. The molecule has 4 aromatic rings. The molecule has 10 heteroatoms. The first-order valence-corrected chi connectivity index (χ1v) is 13.4. The number of fused-ring (bicyclic) bond motifs is 1. The van der Waals surface area contributed by atoms with Gasteiger partial charge in [0.25, 0.3) is 0 Å². The molecule has 1 heterocycles. The topological polar surface area (TPSA) is 122 Å². The van der Waals surface area contributed by atoms with Crippen molar-refractivity contribution >= 4 is 49.2 Å². The van der Waals surface area contributed by atoms with E-state index < -0.39 is 34.0 Å². The smallest absolute Gasteiger partial charge is 0.417 e. The van der Waals surface area contributed by atoms with Gasteiger partial charge in [-0.15, -0.1) is 11.3 Å². The van der Waals surface area contributed by atoms with Crippen LogP contribution in [-0.2, 0) is 14.8 Å². The number of benzene rings is 3. The Morgan fingerprint density at radius 3 is 2.14 bits per heavy atom. The summed E-state index contributed by atoms with van der Waals surface area (Å²) in [6.07, 6.45) is -0.602. The number of nitrogens with one attached hydrogen (secondary N) is 2. The number of hydrogen-bond donors (Lipinski definition) is 3. The summed E-state index contributed by atoms with van der Waals surface area (Å²) < 4.78 is 33.9. The maximum atomic E-state index is 12.6. The summed E-state index contributed by atoms with van der Waals surface area (Å²) in [5.74, 6) is -1.29. The van der Waals surface area contributed by atoms with Crippen LogP contribution in [0.2, 0.25) is 0 Å². The molecule has 0 aliphatic rings. The van der Waals surface area contributed by atoms with Gasteiger partial charge in [0.05, 0.1) is 10.6 Å². The lowest BCUT2D eigenvalue weighted by atomic mass is 10.1. The molecule has 186 valence electrons. The second-order valence-electron chi connectivity index (χ2n) is 8.39. The molecule has 0 saturated carbocycles. The fourth-order valence-corrected chi connectivity index (χ4v) is 5.80. The van der Waals surface area contributed by atoms with Crippen LogP contribution in [0.5, 0.6) is 5.75 Å². The number of aliphatic carboxylic acids is 1. The van der Waals surface area contributed by atoms with Gasteiger partial charge in [-0.05, 0) is 47.4 Å². The Hall–Kier alpha value is -3.73. The highest BCUT2D eigenvalue weighted by molar-refractivity contribution is 7.89. The molecule has 1 atom stereocenters. The Morgan fingerprint density at radius 2 is 1.53 bits per heavy atom. The molecule has 4 rings (SSSR count). The molecule has 8 nitrogen and oxygen atoms in total. The quantitative estimate of drug-likeness (QED) is 0.277. The van der Waals surface area contributed by atoms with Crippen molar-refractivity contribution in [2.45, 2.75) is 24.8 Å². The van der Waals surface area contributed by atoms with Crippen molar-refractivity contribution in [2.75, 3.05) is 5.32 Å². The Kier molecular flexibility index (Phi) is 7.39. The van der Waals surface area contributed by atoms with Crippen LogP contribution in [-0.4, -0.2) is 31.6 Å². The maximum Gasteiger partial charge on any atom is 0.417 e. The van der Waals surface area contributed by atoms with Crippen LogP contribution < -0.4 is 14.8 Å². The summed E-state index contributed by atoms with van der Waals surface area (Å²) >= 11 is 1.53. The molecule has 1 unspecified atom stereocenters. The molecule has 0 bridgehead atoms. The van der Waals surface area contributed by atoms with Crippen LogP contribution in [0.15, 0.2) is 83.1 Å². The number of carbonyl (C=O) groups is 2. The average molecular weight is 525 g/mol. The molecule has 0 fully saturated rings. The van der Waals surface area contributed by atoms with Gasteiger partial charge in [-0.1, -0.05) is 56.3 Å². The maximum absolute atomic E-state index is 12.6. The zero-order valence-corrected chi connectivity index (χ0v) is 21.1. The van der Waals surface area contributed by atoms with E-state index >= 15 is 0 Å². The number of thiophene rings is 1. The highest BCUT2D eigenvalue weighted by Crippen LogP contribution is 2.30. The summed E-state index contributed by atoms with van der Waals surface area (Å²) in [6, 6.07) is 19.4. The van der Waals surface area contributed by atoms with Gasteiger partial charge in [0.1, 0.15) is 11.8 Å². The van der Waals surface area contributed by atoms with Crippen LogP contribution in [0.4, 0.5) is 10.5 Å². The Morgan fingerprint density at radius 1 is 0.917 bits per heavy atom. The number of carbonyl (C=O) groups excluding carboxylic acids is 1. The van der Waals surface area contributed by atoms with Crippen molar-refractivity contribution in [1.82, 2.24) is 4.72 Å². The number of hydrogen-bond acceptors (Lipinski definition) is 6. The van der Waals surface area contributed by atoms with Crippen LogP contribution in [0.25, 0.3) is 21.2 Å². The van der Waals surface area contributed by atoms with Crippen molar-refractivity contribution in [2.24, 2.45) is 5.92 Å². The lowest BCUT2D eigenvalue weighted by molar-refractivity contribution is -0.140. The Labute approximate surface area is 212 Å². The van der Waals surface area contributed by atoms with Crippen molar-refractivity contribution in [3.05, 3.63) is 78.2 Å². The van der Waals surface area contributed by atoms with Crippen LogP contribution in [0.3, 0.4) is 0 Å². The van der Waals surface area contributed by atoms with E-state index in [1.165, 1.54) is 23.5 Å². The highest BCUT2D eigenvalue weighted by Gasteiger charge is 2.28. The number of rotatable bonds is 8. The number of carboxylic acids is 1. The van der Waals surface area contributed by atoms with E-state index in [4.69, 9.17) is 4.74 Å². The van der Waals surface area contributed by atoms with Gasteiger partial charge >= 0.3 is 12.1 Å². The van der Waals surface area contributed by atoms with Crippen molar-refractivity contribution in [3.8, 4) is 16.9 Å².